The van der Waals surface area contributed by atoms with E-state index in [1.807, 2.05) is 42.5 Å². The van der Waals surface area contributed by atoms with Crippen LogP contribution >= 0.6 is 11.8 Å². The largest absolute Gasteiger partial charge is 0.453 e. The molecule has 1 N–H and O–H groups in total. The molecule has 4 rings (SSSR count). The van der Waals surface area contributed by atoms with Gasteiger partial charge in [0.15, 0.2) is 5.75 Å². The van der Waals surface area contributed by atoms with Gasteiger partial charge < -0.3 is 10.1 Å². The molecule has 0 spiro atoms. The molecule has 0 fully saturated rings. The van der Waals surface area contributed by atoms with Gasteiger partial charge >= 0.3 is 0 Å². The zero-order valence-corrected chi connectivity index (χ0v) is 14.0. The van der Waals surface area contributed by atoms with Crippen molar-refractivity contribution in [2.45, 2.75) is 22.5 Å². The Morgan fingerprint density at radius 1 is 1.29 bits per heavy atom. The van der Waals surface area contributed by atoms with Gasteiger partial charge in [-0.05, 0) is 37.3 Å². The van der Waals surface area contributed by atoms with Crippen molar-refractivity contribution < 1.29 is 9.13 Å². The zero-order valence-electron chi connectivity index (χ0n) is 13.2. The summed E-state index contributed by atoms with van der Waals surface area (Å²) in [6, 6.07) is 9.71. The molecule has 1 aromatic carbocycles. The lowest BCUT2D eigenvalue weighted by Crippen LogP contribution is -2.32. The summed E-state index contributed by atoms with van der Waals surface area (Å²) in [5.41, 5.74) is -0.409. The first kappa shape index (κ1) is 15.3. The van der Waals surface area contributed by atoms with E-state index in [0.29, 0.717) is 6.54 Å². The van der Waals surface area contributed by atoms with Gasteiger partial charge in [-0.3, -0.25) is 0 Å². The third-order valence-corrected chi connectivity index (χ3v) is 5.29. The normalized spacial score (nSPS) is 24.0. The summed E-state index contributed by atoms with van der Waals surface area (Å²) < 4.78 is 20.4. The Morgan fingerprint density at radius 2 is 2.21 bits per heavy atom. The van der Waals surface area contributed by atoms with Crippen molar-refractivity contribution in [3.63, 3.8) is 0 Å². The summed E-state index contributed by atoms with van der Waals surface area (Å²) in [5.74, 6) is 1.37. The van der Waals surface area contributed by atoms with E-state index in [2.05, 4.69) is 10.3 Å². The van der Waals surface area contributed by atoms with Crippen LogP contribution in [0, 0.1) is 5.92 Å². The fourth-order valence-electron chi connectivity index (χ4n) is 2.78. The summed E-state index contributed by atoms with van der Waals surface area (Å²) in [4.78, 5) is 5.35. The molecule has 0 saturated heterocycles. The molecule has 2 aromatic rings. The maximum Gasteiger partial charge on any atom is 0.160 e. The van der Waals surface area contributed by atoms with Gasteiger partial charge in [0.2, 0.25) is 0 Å². The number of anilines is 1. The quantitative estimate of drug-likeness (QED) is 0.709. The lowest BCUT2D eigenvalue weighted by molar-refractivity contribution is 0.195. The van der Waals surface area contributed by atoms with E-state index in [1.54, 1.807) is 37.0 Å². The molecule has 24 heavy (non-hydrogen) atoms. The minimum absolute atomic E-state index is 0.196. The minimum Gasteiger partial charge on any atom is -0.453 e. The molecule has 2 atom stereocenters. The Labute approximate surface area is 144 Å². The predicted molar refractivity (Wildman–Crippen MR) is 94.6 cm³/mol. The lowest BCUT2D eigenvalue weighted by atomic mass is 9.87. The van der Waals surface area contributed by atoms with E-state index < -0.39 is 5.67 Å². The molecular formula is C19H17FN2OS. The van der Waals surface area contributed by atoms with Gasteiger partial charge in [-0.1, -0.05) is 30.0 Å². The molecule has 1 aromatic heterocycles. The topological polar surface area (TPSA) is 34.1 Å². The monoisotopic (exact) mass is 340 g/mol. The summed E-state index contributed by atoms with van der Waals surface area (Å²) in [6.45, 7) is 2.13. The van der Waals surface area contributed by atoms with Gasteiger partial charge in [0, 0.05) is 30.4 Å². The number of hydrogen-bond donors (Lipinski definition) is 1. The molecule has 0 saturated carbocycles. The number of hydrogen-bond acceptors (Lipinski definition) is 4. The summed E-state index contributed by atoms with van der Waals surface area (Å²) >= 11 is 1.59. The highest BCUT2D eigenvalue weighted by Gasteiger charge is 2.30. The molecule has 1 aliphatic carbocycles. The van der Waals surface area contributed by atoms with Crippen molar-refractivity contribution in [2.75, 3.05) is 11.9 Å². The van der Waals surface area contributed by atoms with Crippen LogP contribution in [0.1, 0.15) is 6.92 Å². The van der Waals surface area contributed by atoms with Gasteiger partial charge in [-0.15, -0.1) is 0 Å². The third kappa shape index (κ3) is 2.91. The molecule has 5 heteroatoms. The molecule has 2 aliphatic rings. The number of ether oxygens (including phenoxy) is 1. The summed E-state index contributed by atoms with van der Waals surface area (Å²) in [7, 11) is 0. The average molecular weight is 340 g/mol. The second kappa shape index (κ2) is 5.98. The van der Waals surface area contributed by atoms with Crippen molar-refractivity contribution >= 4 is 17.4 Å². The first-order chi connectivity index (χ1) is 11.6. The fraction of sp³-hybridized carbons (Fsp3) is 0.211. The van der Waals surface area contributed by atoms with Gasteiger partial charge in [-0.2, -0.15) is 0 Å². The van der Waals surface area contributed by atoms with Crippen LogP contribution in [-0.2, 0) is 0 Å². The second-order valence-electron chi connectivity index (χ2n) is 6.05. The Bertz CT molecular complexity index is 832. The number of nitrogens with one attached hydrogen (secondary N) is 1. The Morgan fingerprint density at radius 3 is 3.08 bits per heavy atom. The molecule has 1 aliphatic heterocycles. The van der Waals surface area contributed by atoms with Crippen LogP contribution in [0.5, 0.6) is 11.5 Å². The van der Waals surface area contributed by atoms with Crippen LogP contribution in [-0.4, -0.2) is 17.2 Å². The highest BCUT2D eigenvalue weighted by molar-refractivity contribution is 7.99. The van der Waals surface area contributed by atoms with E-state index in [0.717, 1.165) is 27.1 Å². The van der Waals surface area contributed by atoms with E-state index >= 15 is 0 Å². The van der Waals surface area contributed by atoms with E-state index in [4.69, 9.17) is 4.74 Å². The second-order valence-corrected chi connectivity index (χ2v) is 7.09. The Balaban J connectivity index is 1.49. The zero-order chi connectivity index (χ0) is 16.6. The number of benzene rings is 1. The molecule has 3 nitrogen and oxygen atoms in total. The molecular weight excluding hydrogens is 323 g/mol. The van der Waals surface area contributed by atoms with Crippen molar-refractivity contribution in [1.29, 1.82) is 0 Å². The summed E-state index contributed by atoms with van der Waals surface area (Å²) in [5, 5.41) is 4.19. The molecule has 122 valence electrons. The lowest BCUT2D eigenvalue weighted by Gasteiger charge is -2.28. The van der Waals surface area contributed by atoms with Crippen LogP contribution in [0.2, 0.25) is 0 Å². The maximum atomic E-state index is 14.5. The van der Waals surface area contributed by atoms with Gasteiger partial charge in [-0.25, -0.2) is 9.37 Å². The maximum absolute atomic E-state index is 14.5. The van der Waals surface area contributed by atoms with Crippen LogP contribution in [0.25, 0.3) is 0 Å². The van der Waals surface area contributed by atoms with Crippen molar-refractivity contribution in [2.24, 2.45) is 5.92 Å². The molecule has 2 heterocycles. The number of alkyl halides is 1. The molecule has 0 amide bonds. The van der Waals surface area contributed by atoms with Gasteiger partial charge in [0.1, 0.15) is 16.4 Å². The highest BCUT2D eigenvalue weighted by Crippen LogP contribution is 2.46. The predicted octanol–water partition coefficient (Wildman–Crippen LogP) is 5.22. The number of nitrogens with zero attached hydrogens (tertiary/aromatic N) is 1. The number of rotatable bonds is 3. The Kier molecular flexibility index (Phi) is 3.81. The number of aromatic nitrogens is 1. The van der Waals surface area contributed by atoms with E-state index in [1.165, 1.54) is 0 Å². The van der Waals surface area contributed by atoms with Crippen molar-refractivity contribution in [3.05, 3.63) is 60.8 Å². The van der Waals surface area contributed by atoms with Crippen LogP contribution < -0.4 is 10.1 Å². The number of fused-ring (bicyclic) bond motifs is 2. The third-order valence-electron chi connectivity index (χ3n) is 4.23. The number of pyridine rings is 1. The first-order valence-electron chi connectivity index (χ1n) is 7.85. The fourth-order valence-corrected chi connectivity index (χ4v) is 3.65. The van der Waals surface area contributed by atoms with Crippen molar-refractivity contribution in [1.82, 2.24) is 4.98 Å². The highest BCUT2D eigenvalue weighted by atomic mass is 32.2. The van der Waals surface area contributed by atoms with Gasteiger partial charge in [0.05, 0.1) is 4.90 Å². The average Bonchev–Trinajstić information content (AvgIpc) is 2.58. The summed E-state index contributed by atoms with van der Waals surface area (Å²) in [6.07, 6.45) is 8.92. The molecule has 0 radical (unpaired) electrons. The minimum atomic E-state index is -1.33. The Hall–Kier alpha value is -2.27. The van der Waals surface area contributed by atoms with Crippen LogP contribution in [0.15, 0.2) is 70.8 Å². The van der Waals surface area contributed by atoms with E-state index in [-0.39, 0.29) is 5.92 Å². The van der Waals surface area contributed by atoms with Crippen LogP contribution in [0.3, 0.4) is 0 Å². The number of halogens is 1. The molecule has 2 unspecified atom stereocenters. The first-order valence-corrected chi connectivity index (χ1v) is 8.67. The van der Waals surface area contributed by atoms with Crippen molar-refractivity contribution in [3.8, 4) is 11.5 Å². The number of allylic oxidation sites excluding steroid dienone is 3. The van der Waals surface area contributed by atoms with Crippen LogP contribution in [0.4, 0.5) is 10.1 Å². The standard InChI is InChI=1S/C19H17FN2OS/c1-19(20)9-3-2-5-13(19)12-22-14-7-8-17-16(11-14)23-15-6-4-10-21-18(15)24-17/h2-11,13,22H,12H2,1H3. The smallest absolute Gasteiger partial charge is 0.160 e. The SMILES string of the molecule is CC1(F)C=CC=CC1CNc1ccc2c(c1)Oc1cccnc1S2. The molecule has 0 bridgehead atoms. The van der Waals surface area contributed by atoms with E-state index in [9.17, 15) is 4.39 Å². The van der Waals surface area contributed by atoms with Gasteiger partial charge in [0.25, 0.3) is 0 Å².